The van der Waals surface area contributed by atoms with Crippen LogP contribution in [-0.4, -0.2) is 23.2 Å². The molecule has 2 heterocycles. The summed E-state index contributed by atoms with van der Waals surface area (Å²) in [6.07, 6.45) is 5.08. The summed E-state index contributed by atoms with van der Waals surface area (Å²) in [7, 11) is -3.39. The fraction of sp³-hybridized carbons (Fsp3) is 0.125. The molecule has 0 amide bonds. The third-order valence-corrected chi connectivity index (χ3v) is 4.54. The van der Waals surface area contributed by atoms with Crippen molar-refractivity contribution in [3.63, 3.8) is 0 Å². The highest BCUT2D eigenvalue weighted by Gasteiger charge is 2.11. The molecule has 0 fully saturated rings. The van der Waals surface area contributed by atoms with Gasteiger partial charge in [-0.05, 0) is 29.3 Å². The highest BCUT2D eigenvalue weighted by molar-refractivity contribution is 7.88. The van der Waals surface area contributed by atoms with E-state index in [0.29, 0.717) is 5.82 Å². The number of hydrogen-bond acceptors (Lipinski definition) is 4. The first kappa shape index (κ1) is 15.4. The van der Waals surface area contributed by atoms with Crippen molar-refractivity contribution in [1.29, 1.82) is 0 Å². The monoisotopic (exact) mass is 328 g/mol. The van der Waals surface area contributed by atoms with Crippen LogP contribution in [0.3, 0.4) is 0 Å². The molecular weight excluding hydrogens is 312 g/mol. The molecule has 118 valence electrons. The van der Waals surface area contributed by atoms with Crippen LogP contribution in [-0.2, 0) is 22.3 Å². The molecule has 6 nitrogen and oxygen atoms in total. The van der Waals surface area contributed by atoms with E-state index >= 15 is 0 Å². The molecule has 3 aromatic rings. The standard InChI is InChI=1S/C16H16N4O2S/c21-23(22,13-14-5-2-1-3-6-14)19-12-15-7-9-17-16(11-15)20-10-4-8-18-20/h1-11,19H,12-13H2. The predicted molar refractivity (Wildman–Crippen MR) is 87.3 cm³/mol. The lowest BCUT2D eigenvalue weighted by atomic mass is 10.2. The second kappa shape index (κ2) is 6.72. The van der Waals surface area contributed by atoms with Crippen molar-refractivity contribution in [3.05, 3.63) is 78.2 Å². The van der Waals surface area contributed by atoms with Crippen molar-refractivity contribution < 1.29 is 8.42 Å². The van der Waals surface area contributed by atoms with Gasteiger partial charge in [0.15, 0.2) is 5.82 Å². The van der Waals surface area contributed by atoms with Gasteiger partial charge in [-0.25, -0.2) is 22.8 Å². The van der Waals surface area contributed by atoms with Gasteiger partial charge in [0.25, 0.3) is 0 Å². The quantitative estimate of drug-likeness (QED) is 0.749. The van der Waals surface area contributed by atoms with Gasteiger partial charge >= 0.3 is 0 Å². The Bertz CT molecular complexity index is 862. The van der Waals surface area contributed by atoms with Crippen LogP contribution in [0.25, 0.3) is 5.82 Å². The molecule has 0 aliphatic rings. The molecular formula is C16H16N4O2S. The Balaban J connectivity index is 1.67. The molecule has 23 heavy (non-hydrogen) atoms. The molecule has 0 saturated heterocycles. The molecule has 0 aliphatic heterocycles. The number of nitrogens with one attached hydrogen (secondary N) is 1. The zero-order valence-corrected chi connectivity index (χ0v) is 13.1. The molecule has 1 aromatic carbocycles. The lowest BCUT2D eigenvalue weighted by molar-refractivity contribution is 0.580. The number of sulfonamides is 1. The Kier molecular flexibility index (Phi) is 4.50. The average Bonchev–Trinajstić information content (AvgIpc) is 3.08. The van der Waals surface area contributed by atoms with E-state index in [9.17, 15) is 8.42 Å². The van der Waals surface area contributed by atoms with Gasteiger partial charge in [-0.3, -0.25) is 0 Å². The van der Waals surface area contributed by atoms with E-state index in [2.05, 4.69) is 14.8 Å². The predicted octanol–water partition coefficient (Wildman–Crippen LogP) is 1.89. The Morgan fingerprint density at radius 3 is 2.57 bits per heavy atom. The lowest BCUT2D eigenvalue weighted by Gasteiger charge is -2.08. The molecule has 3 rings (SSSR count). The second-order valence-electron chi connectivity index (χ2n) is 5.04. The Morgan fingerprint density at radius 1 is 1.00 bits per heavy atom. The van der Waals surface area contributed by atoms with Gasteiger partial charge < -0.3 is 0 Å². The van der Waals surface area contributed by atoms with Crippen LogP contribution >= 0.6 is 0 Å². The molecule has 7 heteroatoms. The minimum atomic E-state index is -3.39. The third kappa shape index (κ3) is 4.24. The Hall–Kier alpha value is -2.51. The summed E-state index contributed by atoms with van der Waals surface area (Å²) in [5.74, 6) is 0.611. The fourth-order valence-corrected chi connectivity index (χ4v) is 3.26. The summed E-state index contributed by atoms with van der Waals surface area (Å²) in [5, 5.41) is 4.11. The van der Waals surface area contributed by atoms with Crippen molar-refractivity contribution in [3.8, 4) is 5.82 Å². The van der Waals surface area contributed by atoms with Crippen LogP contribution in [0.2, 0.25) is 0 Å². The highest BCUT2D eigenvalue weighted by atomic mass is 32.2. The molecule has 0 spiro atoms. The van der Waals surface area contributed by atoms with Crippen LogP contribution < -0.4 is 4.72 Å². The van der Waals surface area contributed by atoms with E-state index in [1.807, 2.05) is 18.2 Å². The summed E-state index contributed by atoms with van der Waals surface area (Å²) in [5.41, 5.74) is 1.58. The number of benzene rings is 1. The Morgan fingerprint density at radius 2 is 1.83 bits per heavy atom. The molecule has 0 aliphatic carbocycles. The summed E-state index contributed by atoms with van der Waals surface area (Å²) in [4.78, 5) is 4.22. The summed E-state index contributed by atoms with van der Waals surface area (Å²) >= 11 is 0. The van der Waals surface area contributed by atoms with E-state index in [1.54, 1.807) is 53.6 Å². The number of pyridine rings is 1. The zero-order chi connectivity index (χ0) is 16.1. The molecule has 1 N–H and O–H groups in total. The van der Waals surface area contributed by atoms with Crippen LogP contribution in [0.5, 0.6) is 0 Å². The van der Waals surface area contributed by atoms with Crippen LogP contribution in [0.15, 0.2) is 67.1 Å². The van der Waals surface area contributed by atoms with Crippen molar-refractivity contribution in [2.45, 2.75) is 12.3 Å². The summed E-state index contributed by atoms with van der Waals surface area (Å²) in [6, 6.07) is 14.5. The third-order valence-electron chi connectivity index (χ3n) is 3.24. The van der Waals surface area contributed by atoms with Crippen LogP contribution in [0.4, 0.5) is 0 Å². The molecule has 0 radical (unpaired) electrons. The first-order valence-corrected chi connectivity index (χ1v) is 8.74. The SMILES string of the molecule is O=S(=O)(Cc1ccccc1)NCc1ccnc(-n2cccn2)c1. The highest BCUT2D eigenvalue weighted by Crippen LogP contribution is 2.08. The number of hydrogen-bond donors (Lipinski definition) is 1. The van der Waals surface area contributed by atoms with E-state index in [4.69, 9.17) is 0 Å². The van der Waals surface area contributed by atoms with Gasteiger partial charge in [0.2, 0.25) is 10.0 Å². The molecule has 0 bridgehead atoms. The van der Waals surface area contributed by atoms with Crippen molar-refractivity contribution in [1.82, 2.24) is 19.5 Å². The van der Waals surface area contributed by atoms with Gasteiger partial charge in [-0.1, -0.05) is 30.3 Å². The maximum absolute atomic E-state index is 12.1. The van der Waals surface area contributed by atoms with E-state index in [1.165, 1.54) is 0 Å². The zero-order valence-electron chi connectivity index (χ0n) is 12.3. The minimum absolute atomic E-state index is 0.0368. The minimum Gasteiger partial charge on any atom is -0.237 e. The van der Waals surface area contributed by atoms with Crippen LogP contribution in [0, 0.1) is 0 Å². The van der Waals surface area contributed by atoms with E-state index in [-0.39, 0.29) is 12.3 Å². The average molecular weight is 328 g/mol. The number of nitrogens with zero attached hydrogens (tertiary/aromatic N) is 3. The normalized spacial score (nSPS) is 11.5. The molecule has 2 aromatic heterocycles. The second-order valence-corrected chi connectivity index (χ2v) is 6.85. The fourth-order valence-electron chi connectivity index (χ4n) is 2.14. The van der Waals surface area contributed by atoms with Crippen molar-refractivity contribution in [2.24, 2.45) is 0 Å². The first-order chi connectivity index (χ1) is 11.1. The maximum atomic E-state index is 12.1. The smallest absolute Gasteiger partial charge is 0.216 e. The van der Waals surface area contributed by atoms with Gasteiger partial charge in [-0.2, -0.15) is 5.10 Å². The van der Waals surface area contributed by atoms with Gasteiger partial charge in [-0.15, -0.1) is 0 Å². The number of aromatic nitrogens is 3. The summed E-state index contributed by atoms with van der Waals surface area (Å²) < 4.78 is 28.5. The van der Waals surface area contributed by atoms with Gasteiger partial charge in [0.1, 0.15) is 0 Å². The van der Waals surface area contributed by atoms with Gasteiger partial charge in [0.05, 0.1) is 5.75 Å². The molecule has 0 saturated carbocycles. The first-order valence-electron chi connectivity index (χ1n) is 7.09. The lowest BCUT2D eigenvalue weighted by Crippen LogP contribution is -2.24. The number of rotatable bonds is 6. The van der Waals surface area contributed by atoms with Crippen molar-refractivity contribution >= 4 is 10.0 Å². The largest absolute Gasteiger partial charge is 0.237 e. The summed E-state index contributed by atoms with van der Waals surface area (Å²) in [6.45, 7) is 0.214. The molecule has 0 atom stereocenters. The van der Waals surface area contributed by atoms with E-state index in [0.717, 1.165) is 11.1 Å². The topological polar surface area (TPSA) is 76.9 Å². The van der Waals surface area contributed by atoms with E-state index < -0.39 is 10.0 Å². The Labute approximate surface area is 134 Å². The maximum Gasteiger partial charge on any atom is 0.216 e. The van der Waals surface area contributed by atoms with Crippen LogP contribution in [0.1, 0.15) is 11.1 Å². The van der Waals surface area contributed by atoms with Crippen molar-refractivity contribution in [2.75, 3.05) is 0 Å². The molecule has 0 unspecified atom stereocenters. The van der Waals surface area contributed by atoms with Gasteiger partial charge in [0, 0.05) is 25.1 Å².